The topological polar surface area (TPSA) is 12.4 Å². The first-order chi connectivity index (χ1) is 5.42. The molecule has 1 fully saturated rings. The van der Waals surface area contributed by atoms with Gasteiger partial charge in [0.1, 0.15) is 0 Å². The summed E-state index contributed by atoms with van der Waals surface area (Å²) in [5, 5.41) is 0. The summed E-state index contributed by atoms with van der Waals surface area (Å²) >= 11 is 0. The molecule has 0 bridgehead atoms. The van der Waals surface area contributed by atoms with Gasteiger partial charge in [-0.25, -0.2) is 0 Å². The molecule has 0 radical (unpaired) electrons. The maximum Gasteiger partial charge on any atom is 0.0452 e. The van der Waals surface area contributed by atoms with Crippen molar-refractivity contribution in [2.75, 3.05) is 0 Å². The Morgan fingerprint density at radius 2 is 2.36 bits per heavy atom. The number of hydrogen-bond donors (Lipinski definition) is 0. The van der Waals surface area contributed by atoms with Gasteiger partial charge < -0.3 is 0 Å². The lowest BCUT2D eigenvalue weighted by Crippen LogP contribution is -2.19. The van der Waals surface area contributed by atoms with Crippen LogP contribution in [-0.4, -0.2) is 5.71 Å². The van der Waals surface area contributed by atoms with Gasteiger partial charge >= 0.3 is 0 Å². The number of aliphatic imine (C=N–C) groups is 1. The molecule has 0 N–H and O–H groups in total. The monoisotopic (exact) mass is 149 g/mol. The lowest BCUT2D eigenvalue weighted by Gasteiger charge is -2.20. The average molecular weight is 149 g/mol. The first-order valence-corrected chi connectivity index (χ1v) is 4.66. The molecule has 0 saturated heterocycles. The predicted molar refractivity (Wildman–Crippen MR) is 47.7 cm³/mol. The average Bonchev–Trinajstić information content (AvgIpc) is 2.32. The van der Waals surface area contributed by atoms with Crippen LogP contribution in [0.1, 0.15) is 32.6 Å². The Labute approximate surface area is 68.2 Å². The number of hydrogen-bond acceptors (Lipinski definition) is 1. The van der Waals surface area contributed by atoms with Crippen molar-refractivity contribution in [2.24, 2.45) is 16.8 Å². The minimum atomic E-state index is 0.810. The summed E-state index contributed by atoms with van der Waals surface area (Å²) in [6.45, 7) is 2.30. The van der Waals surface area contributed by atoms with Gasteiger partial charge in [-0.05, 0) is 24.8 Å². The third kappa shape index (κ3) is 1.13. The van der Waals surface area contributed by atoms with E-state index in [1.807, 2.05) is 6.20 Å². The van der Waals surface area contributed by atoms with Gasteiger partial charge in [0.2, 0.25) is 0 Å². The molecule has 1 saturated carbocycles. The maximum atomic E-state index is 4.29. The van der Waals surface area contributed by atoms with E-state index in [0.29, 0.717) is 0 Å². The smallest absolute Gasteiger partial charge is 0.0452 e. The van der Waals surface area contributed by atoms with Gasteiger partial charge in [0.05, 0.1) is 0 Å². The maximum absolute atomic E-state index is 4.29. The molecular weight excluding hydrogens is 134 g/mol. The molecule has 11 heavy (non-hydrogen) atoms. The zero-order valence-corrected chi connectivity index (χ0v) is 7.09. The molecule has 2 rings (SSSR count). The van der Waals surface area contributed by atoms with E-state index >= 15 is 0 Å². The van der Waals surface area contributed by atoms with Crippen LogP contribution in [0.25, 0.3) is 0 Å². The van der Waals surface area contributed by atoms with E-state index in [4.69, 9.17) is 0 Å². The second-order valence-electron chi connectivity index (χ2n) is 3.58. The summed E-state index contributed by atoms with van der Waals surface area (Å²) < 4.78 is 0. The van der Waals surface area contributed by atoms with E-state index in [1.165, 1.54) is 31.4 Å². The lowest BCUT2D eigenvalue weighted by molar-refractivity contribution is 0.466. The molecule has 60 valence electrons. The minimum absolute atomic E-state index is 0.810. The van der Waals surface area contributed by atoms with Crippen LogP contribution in [0.5, 0.6) is 0 Å². The van der Waals surface area contributed by atoms with Gasteiger partial charge in [-0.15, -0.1) is 0 Å². The standard InChI is InChI=1S/C10H15N/c1-2-8-4-3-5-9(8)10-6-7-11-10/h6-9H,2-5H2,1H3. The Morgan fingerprint density at radius 3 is 2.91 bits per heavy atom. The van der Waals surface area contributed by atoms with Crippen molar-refractivity contribution < 1.29 is 0 Å². The highest BCUT2D eigenvalue weighted by Crippen LogP contribution is 2.36. The molecule has 1 heteroatoms. The summed E-state index contributed by atoms with van der Waals surface area (Å²) in [5.74, 6) is 1.74. The molecule has 1 nitrogen and oxygen atoms in total. The highest BCUT2D eigenvalue weighted by atomic mass is 14.8. The molecule has 0 amide bonds. The molecule has 2 atom stereocenters. The fourth-order valence-corrected chi connectivity index (χ4v) is 2.29. The van der Waals surface area contributed by atoms with Crippen molar-refractivity contribution in [3.63, 3.8) is 0 Å². The van der Waals surface area contributed by atoms with E-state index in [1.54, 1.807) is 0 Å². The summed E-state index contributed by atoms with van der Waals surface area (Å²) in [6.07, 6.45) is 9.64. The summed E-state index contributed by atoms with van der Waals surface area (Å²) in [4.78, 5) is 4.29. The Balaban J connectivity index is 2.01. The molecule has 1 heterocycles. The van der Waals surface area contributed by atoms with Gasteiger partial charge in [0.25, 0.3) is 0 Å². The Hall–Kier alpha value is -0.590. The van der Waals surface area contributed by atoms with Crippen LogP contribution in [0, 0.1) is 11.8 Å². The fourth-order valence-electron chi connectivity index (χ4n) is 2.29. The van der Waals surface area contributed by atoms with E-state index in [0.717, 1.165) is 11.8 Å². The van der Waals surface area contributed by atoms with Gasteiger partial charge in [-0.2, -0.15) is 0 Å². The SMILES string of the molecule is CCC1CCCC1C1=NC=C1. The van der Waals surface area contributed by atoms with Crippen LogP contribution in [0.4, 0.5) is 0 Å². The zero-order chi connectivity index (χ0) is 7.68. The van der Waals surface area contributed by atoms with Crippen molar-refractivity contribution in [1.29, 1.82) is 0 Å². The highest BCUT2D eigenvalue weighted by molar-refractivity contribution is 6.01. The third-order valence-electron chi connectivity index (χ3n) is 3.03. The van der Waals surface area contributed by atoms with Crippen LogP contribution in [0.2, 0.25) is 0 Å². The molecule has 2 unspecified atom stereocenters. The fraction of sp³-hybridized carbons (Fsp3) is 0.700. The molecule has 0 aromatic heterocycles. The largest absolute Gasteiger partial charge is 0.261 e. The van der Waals surface area contributed by atoms with Crippen LogP contribution >= 0.6 is 0 Å². The normalized spacial score (nSPS) is 35.2. The van der Waals surface area contributed by atoms with Crippen molar-refractivity contribution in [1.82, 2.24) is 0 Å². The number of rotatable bonds is 2. The molecular formula is C10H15N. The number of allylic oxidation sites excluding steroid dienone is 1. The molecule has 0 spiro atoms. The second-order valence-corrected chi connectivity index (χ2v) is 3.58. The minimum Gasteiger partial charge on any atom is -0.261 e. The Kier molecular flexibility index (Phi) is 1.80. The molecule has 0 aromatic carbocycles. The van der Waals surface area contributed by atoms with Gasteiger partial charge in [0, 0.05) is 17.8 Å². The first kappa shape index (κ1) is 7.08. The van der Waals surface area contributed by atoms with Crippen LogP contribution < -0.4 is 0 Å². The van der Waals surface area contributed by atoms with Gasteiger partial charge in [-0.3, -0.25) is 4.99 Å². The van der Waals surface area contributed by atoms with Crippen LogP contribution in [0.15, 0.2) is 17.3 Å². The second kappa shape index (κ2) is 2.80. The van der Waals surface area contributed by atoms with Crippen LogP contribution in [-0.2, 0) is 0 Å². The molecule has 1 aliphatic carbocycles. The summed E-state index contributed by atoms with van der Waals surface area (Å²) in [6, 6.07) is 0. The quantitative estimate of drug-likeness (QED) is 0.572. The first-order valence-electron chi connectivity index (χ1n) is 4.66. The van der Waals surface area contributed by atoms with E-state index in [9.17, 15) is 0 Å². The Bertz CT molecular complexity index is 203. The summed E-state index contributed by atoms with van der Waals surface area (Å²) in [7, 11) is 0. The van der Waals surface area contributed by atoms with Crippen LogP contribution in [0.3, 0.4) is 0 Å². The molecule has 2 aliphatic rings. The highest BCUT2D eigenvalue weighted by Gasteiger charge is 2.29. The van der Waals surface area contributed by atoms with E-state index in [2.05, 4.69) is 18.0 Å². The predicted octanol–water partition coefficient (Wildman–Crippen LogP) is 2.78. The van der Waals surface area contributed by atoms with Crippen molar-refractivity contribution >= 4 is 5.71 Å². The van der Waals surface area contributed by atoms with Crippen molar-refractivity contribution in [2.45, 2.75) is 32.6 Å². The van der Waals surface area contributed by atoms with Gasteiger partial charge in [0.15, 0.2) is 0 Å². The third-order valence-corrected chi connectivity index (χ3v) is 3.03. The van der Waals surface area contributed by atoms with Gasteiger partial charge in [-0.1, -0.05) is 19.8 Å². The Morgan fingerprint density at radius 1 is 1.55 bits per heavy atom. The summed E-state index contributed by atoms with van der Waals surface area (Å²) in [5.41, 5.74) is 1.37. The zero-order valence-electron chi connectivity index (χ0n) is 7.09. The molecule has 0 aromatic rings. The van der Waals surface area contributed by atoms with Crippen molar-refractivity contribution in [3.05, 3.63) is 12.3 Å². The number of nitrogens with zero attached hydrogens (tertiary/aromatic N) is 1. The molecule has 1 aliphatic heterocycles. The van der Waals surface area contributed by atoms with Crippen molar-refractivity contribution in [3.8, 4) is 0 Å². The lowest BCUT2D eigenvalue weighted by atomic mass is 9.88. The van der Waals surface area contributed by atoms with E-state index in [-0.39, 0.29) is 0 Å². The van der Waals surface area contributed by atoms with E-state index < -0.39 is 0 Å².